The van der Waals surface area contributed by atoms with Gasteiger partial charge in [0.15, 0.2) is 0 Å². The highest BCUT2D eigenvalue weighted by atomic mass is 15.1. The van der Waals surface area contributed by atoms with E-state index < -0.39 is 0 Å². The molecular formula is C16H26N4. The minimum atomic E-state index is 0.597. The van der Waals surface area contributed by atoms with Gasteiger partial charge in [-0.15, -0.1) is 0 Å². The van der Waals surface area contributed by atoms with Gasteiger partial charge in [0.2, 0.25) is 0 Å². The average Bonchev–Trinajstić information content (AvgIpc) is 3.17. The summed E-state index contributed by atoms with van der Waals surface area (Å²) in [6.07, 6.45) is 8.02. The van der Waals surface area contributed by atoms with Gasteiger partial charge < -0.3 is 10.6 Å². The minimum Gasteiger partial charge on any atom is -0.370 e. The molecule has 20 heavy (non-hydrogen) atoms. The summed E-state index contributed by atoms with van der Waals surface area (Å²) in [5.41, 5.74) is 1.16. The van der Waals surface area contributed by atoms with E-state index in [1.807, 2.05) is 0 Å². The number of hydrogen-bond donors (Lipinski definition) is 2. The van der Waals surface area contributed by atoms with Crippen molar-refractivity contribution in [2.24, 2.45) is 5.92 Å². The van der Waals surface area contributed by atoms with Gasteiger partial charge in [-0.2, -0.15) is 0 Å². The molecule has 2 fully saturated rings. The first-order chi connectivity index (χ1) is 9.78. The van der Waals surface area contributed by atoms with Crippen molar-refractivity contribution in [2.45, 2.75) is 58.3 Å². The van der Waals surface area contributed by atoms with Crippen molar-refractivity contribution in [3.63, 3.8) is 0 Å². The lowest BCUT2D eigenvalue weighted by atomic mass is 10.1. The molecule has 1 aromatic heterocycles. The Hall–Kier alpha value is -1.32. The van der Waals surface area contributed by atoms with Crippen LogP contribution in [0.15, 0.2) is 0 Å². The maximum atomic E-state index is 4.78. The summed E-state index contributed by atoms with van der Waals surface area (Å²) < 4.78 is 0. The molecule has 2 N–H and O–H groups in total. The molecule has 0 atom stereocenters. The van der Waals surface area contributed by atoms with Crippen molar-refractivity contribution < 1.29 is 0 Å². The van der Waals surface area contributed by atoms with Crippen LogP contribution in [0.2, 0.25) is 0 Å². The second-order valence-electron chi connectivity index (χ2n) is 6.24. The largest absolute Gasteiger partial charge is 0.370 e. The highest BCUT2D eigenvalue weighted by molar-refractivity contribution is 5.57. The first-order valence-corrected chi connectivity index (χ1v) is 8.14. The van der Waals surface area contributed by atoms with Crippen LogP contribution in [-0.2, 0) is 0 Å². The lowest BCUT2D eigenvalue weighted by molar-refractivity contribution is 0.578. The minimum absolute atomic E-state index is 0.597. The van der Waals surface area contributed by atoms with Gasteiger partial charge >= 0.3 is 0 Å². The molecule has 1 heterocycles. The first kappa shape index (κ1) is 13.7. The molecule has 0 spiro atoms. The fraction of sp³-hybridized carbons (Fsp3) is 0.750. The standard InChI is InChI=1S/C16H26N4/c1-3-17-14-11(2)15(18-10-12-6-4-5-7-12)20-16(19-14)13-8-9-13/h12-13H,3-10H2,1-2H3,(H2,17,18,19,20). The molecule has 0 aromatic carbocycles. The molecule has 3 rings (SSSR count). The number of nitrogens with one attached hydrogen (secondary N) is 2. The van der Waals surface area contributed by atoms with Crippen LogP contribution in [0.1, 0.15) is 62.8 Å². The Bertz CT molecular complexity index is 462. The molecule has 0 radical (unpaired) electrons. The van der Waals surface area contributed by atoms with E-state index in [0.717, 1.165) is 42.0 Å². The van der Waals surface area contributed by atoms with E-state index in [4.69, 9.17) is 9.97 Å². The van der Waals surface area contributed by atoms with Crippen LogP contribution < -0.4 is 10.6 Å². The summed E-state index contributed by atoms with van der Waals surface area (Å²) >= 11 is 0. The Balaban J connectivity index is 1.76. The van der Waals surface area contributed by atoms with E-state index in [2.05, 4.69) is 24.5 Å². The van der Waals surface area contributed by atoms with Gasteiger partial charge in [0.1, 0.15) is 17.5 Å². The molecule has 2 saturated carbocycles. The normalized spacial score (nSPS) is 19.3. The molecule has 4 nitrogen and oxygen atoms in total. The topological polar surface area (TPSA) is 49.8 Å². The van der Waals surface area contributed by atoms with Crippen LogP contribution >= 0.6 is 0 Å². The zero-order valence-electron chi connectivity index (χ0n) is 12.7. The highest BCUT2D eigenvalue weighted by Gasteiger charge is 2.28. The summed E-state index contributed by atoms with van der Waals surface area (Å²) in [7, 11) is 0. The Labute approximate surface area is 121 Å². The highest BCUT2D eigenvalue weighted by Crippen LogP contribution is 2.39. The Kier molecular flexibility index (Phi) is 4.08. The summed E-state index contributed by atoms with van der Waals surface area (Å²) in [6, 6.07) is 0. The molecule has 110 valence electrons. The van der Waals surface area contributed by atoms with E-state index in [1.54, 1.807) is 0 Å². The van der Waals surface area contributed by atoms with Crippen LogP contribution in [0.4, 0.5) is 11.6 Å². The third-order valence-corrected chi connectivity index (χ3v) is 4.48. The molecule has 0 aliphatic heterocycles. The molecule has 1 aromatic rings. The third-order valence-electron chi connectivity index (χ3n) is 4.48. The molecule has 0 unspecified atom stereocenters. The van der Waals surface area contributed by atoms with Crippen molar-refractivity contribution in [1.29, 1.82) is 0 Å². The molecule has 0 amide bonds. The zero-order valence-corrected chi connectivity index (χ0v) is 12.7. The van der Waals surface area contributed by atoms with Crippen molar-refractivity contribution in [2.75, 3.05) is 23.7 Å². The summed E-state index contributed by atoms with van der Waals surface area (Å²) in [4.78, 5) is 9.48. The van der Waals surface area contributed by atoms with Crippen molar-refractivity contribution in [1.82, 2.24) is 9.97 Å². The lowest BCUT2D eigenvalue weighted by Crippen LogP contribution is -2.15. The predicted octanol–water partition coefficient (Wildman–Crippen LogP) is 3.70. The zero-order chi connectivity index (χ0) is 13.9. The van der Waals surface area contributed by atoms with Gasteiger partial charge in [0, 0.05) is 24.6 Å². The van der Waals surface area contributed by atoms with Crippen molar-refractivity contribution in [3.8, 4) is 0 Å². The van der Waals surface area contributed by atoms with Crippen molar-refractivity contribution in [3.05, 3.63) is 11.4 Å². The van der Waals surface area contributed by atoms with Crippen LogP contribution in [-0.4, -0.2) is 23.1 Å². The van der Waals surface area contributed by atoms with E-state index in [1.165, 1.54) is 38.5 Å². The fourth-order valence-corrected chi connectivity index (χ4v) is 3.03. The number of anilines is 2. The number of hydrogen-bond acceptors (Lipinski definition) is 4. The Morgan fingerprint density at radius 1 is 1.00 bits per heavy atom. The van der Waals surface area contributed by atoms with Crippen LogP contribution in [0.5, 0.6) is 0 Å². The van der Waals surface area contributed by atoms with Crippen molar-refractivity contribution >= 4 is 11.6 Å². The van der Waals surface area contributed by atoms with Gasteiger partial charge in [0.25, 0.3) is 0 Å². The number of rotatable bonds is 6. The quantitative estimate of drug-likeness (QED) is 0.830. The van der Waals surface area contributed by atoms with E-state index in [0.29, 0.717) is 5.92 Å². The second kappa shape index (κ2) is 5.98. The number of aromatic nitrogens is 2. The molecule has 4 heteroatoms. The van der Waals surface area contributed by atoms with Crippen LogP contribution in [0.3, 0.4) is 0 Å². The van der Waals surface area contributed by atoms with Crippen LogP contribution in [0, 0.1) is 12.8 Å². The fourth-order valence-electron chi connectivity index (χ4n) is 3.03. The molecule has 0 bridgehead atoms. The van der Waals surface area contributed by atoms with E-state index in [-0.39, 0.29) is 0 Å². The maximum Gasteiger partial charge on any atom is 0.136 e. The molecular weight excluding hydrogens is 248 g/mol. The Morgan fingerprint density at radius 3 is 2.25 bits per heavy atom. The van der Waals surface area contributed by atoms with Gasteiger partial charge in [-0.05, 0) is 45.4 Å². The maximum absolute atomic E-state index is 4.78. The SMILES string of the molecule is CCNc1nc(C2CC2)nc(NCC2CCCC2)c1C. The summed E-state index contributed by atoms with van der Waals surface area (Å²) in [5.74, 6) is 4.51. The van der Waals surface area contributed by atoms with E-state index in [9.17, 15) is 0 Å². The first-order valence-electron chi connectivity index (χ1n) is 8.14. The van der Waals surface area contributed by atoms with Gasteiger partial charge in [-0.25, -0.2) is 9.97 Å². The Morgan fingerprint density at radius 2 is 1.65 bits per heavy atom. The monoisotopic (exact) mass is 274 g/mol. The molecule has 2 aliphatic carbocycles. The second-order valence-corrected chi connectivity index (χ2v) is 6.24. The van der Waals surface area contributed by atoms with Gasteiger partial charge in [0.05, 0.1) is 0 Å². The smallest absolute Gasteiger partial charge is 0.136 e. The summed E-state index contributed by atoms with van der Waals surface area (Å²) in [5, 5.41) is 6.96. The third kappa shape index (κ3) is 3.05. The van der Waals surface area contributed by atoms with Gasteiger partial charge in [-0.3, -0.25) is 0 Å². The van der Waals surface area contributed by atoms with E-state index >= 15 is 0 Å². The van der Waals surface area contributed by atoms with Gasteiger partial charge in [-0.1, -0.05) is 12.8 Å². The summed E-state index contributed by atoms with van der Waals surface area (Å²) in [6.45, 7) is 6.20. The number of nitrogens with zero attached hydrogens (tertiary/aromatic N) is 2. The predicted molar refractivity (Wildman–Crippen MR) is 83.4 cm³/mol. The molecule has 0 saturated heterocycles. The lowest BCUT2D eigenvalue weighted by Gasteiger charge is -2.16. The van der Waals surface area contributed by atoms with Crippen LogP contribution in [0.25, 0.3) is 0 Å². The molecule has 2 aliphatic rings. The average molecular weight is 274 g/mol.